The van der Waals surface area contributed by atoms with Gasteiger partial charge in [0.25, 0.3) is 0 Å². The first-order valence-corrected chi connectivity index (χ1v) is 8.96. The van der Waals surface area contributed by atoms with Gasteiger partial charge < -0.3 is 5.32 Å². The Morgan fingerprint density at radius 2 is 1.96 bits per heavy atom. The lowest BCUT2D eigenvalue weighted by Crippen LogP contribution is -2.21. The van der Waals surface area contributed by atoms with Crippen molar-refractivity contribution >= 4 is 50.2 Å². The number of nitrogens with zero attached hydrogens (tertiary/aromatic N) is 4. The molecule has 0 amide bonds. The molecule has 0 spiro atoms. The van der Waals surface area contributed by atoms with E-state index in [0.29, 0.717) is 11.5 Å². The van der Waals surface area contributed by atoms with Crippen LogP contribution in [0, 0.1) is 9.39 Å². The fourth-order valence-corrected chi connectivity index (χ4v) is 3.35. The number of tetrazole rings is 1. The number of rotatable bonds is 2. The molecule has 1 aliphatic heterocycles. The Morgan fingerprint density at radius 3 is 2.75 bits per heavy atom. The summed E-state index contributed by atoms with van der Waals surface area (Å²) >= 11 is 5.65. The lowest BCUT2D eigenvalue weighted by molar-refractivity contribution is 0.539. The highest BCUT2D eigenvalue weighted by Crippen LogP contribution is 2.33. The third-order valence-electron chi connectivity index (χ3n) is 3.76. The lowest BCUT2D eigenvalue weighted by atomic mass is 10.0. The van der Waals surface area contributed by atoms with Crippen molar-refractivity contribution in [1.82, 2.24) is 20.2 Å². The third kappa shape index (κ3) is 2.84. The molecule has 0 bridgehead atoms. The average molecular weight is 498 g/mol. The molecule has 0 aliphatic carbocycles. The van der Waals surface area contributed by atoms with E-state index in [-0.39, 0.29) is 5.82 Å². The van der Waals surface area contributed by atoms with Crippen molar-refractivity contribution in [2.45, 2.75) is 6.04 Å². The molecule has 0 radical (unpaired) electrons. The van der Waals surface area contributed by atoms with Crippen LogP contribution < -0.4 is 5.32 Å². The van der Waals surface area contributed by atoms with Gasteiger partial charge in [-0.15, -0.1) is 0 Å². The van der Waals surface area contributed by atoms with E-state index in [4.69, 9.17) is 0 Å². The minimum absolute atomic E-state index is 0.301. The zero-order chi connectivity index (χ0) is 16.7. The Labute approximate surface area is 159 Å². The van der Waals surface area contributed by atoms with Crippen LogP contribution in [0.25, 0.3) is 5.70 Å². The molecule has 2 aromatic carbocycles. The summed E-state index contributed by atoms with van der Waals surface area (Å²) in [6.45, 7) is 0. The minimum Gasteiger partial charge on any atom is -0.323 e. The van der Waals surface area contributed by atoms with Crippen LogP contribution >= 0.6 is 38.5 Å². The van der Waals surface area contributed by atoms with Gasteiger partial charge in [-0.2, -0.15) is 4.68 Å². The Morgan fingerprint density at radius 1 is 1.17 bits per heavy atom. The van der Waals surface area contributed by atoms with Gasteiger partial charge in [-0.3, -0.25) is 0 Å². The van der Waals surface area contributed by atoms with E-state index >= 15 is 0 Å². The maximum Gasteiger partial charge on any atom is 0.248 e. The van der Waals surface area contributed by atoms with Crippen LogP contribution in [-0.4, -0.2) is 20.2 Å². The Hall–Kier alpha value is -1.81. The predicted octanol–water partition coefficient (Wildman–Crippen LogP) is 4.24. The van der Waals surface area contributed by atoms with Crippen molar-refractivity contribution in [3.8, 4) is 0 Å². The maximum absolute atomic E-state index is 14.4. The monoisotopic (exact) mass is 497 g/mol. The fraction of sp³-hybridized carbons (Fsp3) is 0.0625. The molecule has 3 aromatic rings. The predicted molar refractivity (Wildman–Crippen MR) is 101 cm³/mol. The number of fused-ring (bicyclic) bond motifs is 1. The van der Waals surface area contributed by atoms with Gasteiger partial charge in [0.2, 0.25) is 5.95 Å². The fourth-order valence-electron chi connectivity index (χ4n) is 2.61. The van der Waals surface area contributed by atoms with Gasteiger partial charge >= 0.3 is 0 Å². The standard InChI is InChI=1S/C16H10BrFIN5/c17-10-3-6-13(18)12(7-10)15-8-14(9-1-4-11(19)5-2-9)20-16-21-22-23-24(15)16/h1-8,15H,(H,20,21,23)/t15-/m0/s1. The third-order valence-corrected chi connectivity index (χ3v) is 4.97. The minimum atomic E-state index is -0.428. The molecule has 0 saturated heterocycles. The van der Waals surface area contributed by atoms with Gasteiger partial charge in [0.1, 0.15) is 11.9 Å². The van der Waals surface area contributed by atoms with E-state index in [2.05, 4.69) is 59.4 Å². The van der Waals surface area contributed by atoms with Gasteiger partial charge in [-0.1, -0.05) is 33.2 Å². The molecule has 8 heteroatoms. The summed E-state index contributed by atoms with van der Waals surface area (Å²) in [5, 5.41) is 14.9. The van der Waals surface area contributed by atoms with Gasteiger partial charge in [0, 0.05) is 19.3 Å². The Balaban J connectivity index is 1.85. The first-order valence-electron chi connectivity index (χ1n) is 7.09. The molecule has 5 nitrogen and oxygen atoms in total. The van der Waals surface area contributed by atoms with Crippen LogP contribution in [0.5, 0.6) is 0 Å². The number of allylic oxidation sites excluding steroid dienone is 1. The molecular weight excluding hydrogens is 488 g/mol. The van der Waals surface area contributed by atoms with Crippen molar-refractivity contribution in [2.24, 2.45) is 0 Å². The van der Waals surface area contributed by atoms with Crippen molar-refractivity contribution in [3.63, 3.8) is 0 Å². The van der Waals surface area contributed by atoms with Crippen molar-refractivity contribution in [1.29, 1.82) is 0 Å². The van der Waals surface area contributed by atoms with Crippen molar-refractivity contribution < 1.29 is 4.39 Å². The molecular formula is C16H10BrFIN5. The molecule has 2 heterocycles. The molecule has 4 rings (SSSR count). The summed E-state index contributed by atoms with van der Waals surface area (Å²) in [4.78, 5) is 0. The zero-order valence-corrected chi connectivity index (χ0v) is 15.9. The smallest absolute Gasteiger partial charge is 0.248 e. The summed E-state index contributed by atoms with van der Waals surface area (Å²) in [5.41, 5.74) is 2.34. The largest absolute Gasteiger partial charge is 0.323 e. The first kappa shape index (κ1) is 15.7. The second-order valence-electron chi connectivity index (χ2n) is 5.27. The van der Waals surface area contributed by atoms with Crippen molar-refractivity contribution in [2.75, 3.05) is 5.32 Å². The van der Waals surface area contributed by atoms with Gasteiger partial charge in [-0.05, 0) is 75.0 Å². The van der Waals surface area contributed by atoms with Crippen molar-refractivity contribution in [3.05, 3.63) is 73.5 Å². The first-order chi connectivity index (χ1) is 11.6. The summed E-state index contributed by atoms with van der Waals surface area (Å²) in [7, 11) is 0. The molecule has 1 aromatic heterocycles. The van der Waals surface area contributed by atoms with E-state index in [1.54, 1.807) is 16.8 Å². The Bertz CT molecular complexity index is 938. The van der Waals surface area contributed by atoms with E-state index in [0.717, 1.165) is 19.3 Å². The summed E-state index contributed by atoms with van der Waals surface area (Å²) < 4.78 is 17.9. The molecule has 120 valence electrons. The van der Waals surface area contributed by atoms with E-state index < -0.39 is 6.04 Å². The highest BCUT2D eigenvalue weighted by atomic mass is 127. The SMILES string of the molecule is Fc1ccc(Br)cc1[C@@H]1C=C(c2ccc(I)cc2)Nc2nnnn21. The topological polar surface area (TPSA) is 55.6 Å². The second kappa shape index (κ2) is 6.25. The van der Waals surface area contributed by atoms with E-state index in [1.807, 2.05) is 30.3 Å². The maximum atomic E-state index is 14.4. The van der Waals surface area contributed by atoms with Gasteiger partial charge in [0.05, 0.1) is 0 Å². The number of benzene rings is 2. The van der Waals surface area contributed by atoms with Crippen LogP contribution in [0.15, 0.2) is 53.0 Å². The summed E-state index contributed by atoms with van der Waals surface area (Å²) in [5.74, 6) is 0.181. The molecule has 24 heavy (non-hydrogen) atoms. The molecule has 1 aliphatic rings. The Kier molecular flexibility index (Phi) is 4.09. The molecule has 0 unspecified atom stereocenters. The number of hydrogen-bond acceptors (Lipinski definition) is 4. The summed E-state index contributed by atoms with van der Waals surface area (Å²) in [6.07, 6.45) is 1.93. The normalized spacial score (nSPS) is 16.3. The second-order valence-corrected chi connectivity index (χ2v) is 7.43. The van der Waals surface area contributed by atoms with Crippen LogP contribution in [0.3, 0.4) is 0 Å². The quantitative estimate of drug-likeness (QED) is 0.538. The number of hydrogen-bond donors (Lipinski definition) is 1. The molecule has 0 fully saturated rings. The highest BCUT2D eigenvalue weighted by Gasteiger charge is 2.26. The van der Waals surface area contributed by atoms with Crippen LogP contribution in [0.4, 0.5) is 10.3 Å². The van der Waals surface area contributed by atoms with Gasteiger partial charge in [0.15, 0.2) is 0 Å². The molecule has 1 atom stereocenters. The number of aromatic nitrogens is 4. The number of anilines is 1. The zero-order valence-electron chi connectivity index (χ0n) is 12.1. The lowest BCUT2D eigenvalue weighted by Gasteiger charge is -2.24. The number of halogens is 3. The van der Waals surface area contributed by atoms with E-state index in [1.165, 1.54) is 6.07 Å². The van der Waals surface area contributed by atoms with Crippen LogP contribution in [0.2, 0.25) is 0 Å². The van der Waals surface area contributed by atoms with Crippen LogP contribution in [0.1, 0.15) is 17.2 Å². The molecule has 1 N–H and O–H groups in total. The highest BCUT2D eigenvalue weighted by molar-refractivity contribution is 14.1. The van der Waals surface area contributed by atoms with Crippen LogP contribution in [-0.2, 0) is 0 Å². The summed E-state index contributed by atoms with van der Waals surface area (Å²) in [6, 6.07) is 12.5. The number of nitrogens with one attached hydrogen (secondary N) is 1. The molecule has 0 saturated carbocycles. The van der Waals surface area contributed by atoms with E-state index in [9.17, 15) is 4.39 Å². The average Bonchev–Trinajstić information content (AvgIpc) is 3.05. The van der Waals surface area contributed by atoms with Gasteiger partial charge in [-0.25, -0.2) is 4.39 Å².